The van der Waals surface area contributed by atoms with E-state index in [-0.39, 0.29) is 17.5 Å². The zero-order valence-electron chi connectivity index (χ0n) is 17.0. The summed E-state index contributed by atoms with van der Waals surface area (Å²) in [4.78, 5) is 14.8. The molecule has 1 saturated heterocycles. The second-order valence-electron chi connectivity index (χ2n) is 7.33. The highest BCUT2D eigenvalue weighted by Gasteiger charge is 2.16. The molecule has 6 nitrogen and oxygen atoms in total. The van der Waals surface area contributed by atoms with E-state index < -0.39 is 0 Å². The Bertz CT molecular complexity index is 708. The molecule has 0 aromatic carbocycles. The fourth-order valence-electron chi connectivity index (χ4n) is 3.85. The minimum atomic E-state index is -0.302. The molecule has 0 spiro atoms. The monoisotopic (exact) mass is 372 g/mol. The molecule has 1 aromatic heterocycles. The number of rotatable bonds is 8. The van der Waals surface area contributed by atoms with Crippen molar-refractivity contribution in [3.8, 4) is 6.07 Å². The highest BCUT2D eigenvalue weighted by atomic mass is 16.5. The van der Waals surface area contributed by atoms with Crippen LogP contribution >= 0.6 is 0 Å². The van der Waals surface area contributed by atoms with Gasteiger partial charge in [-0.3, -0.25) is 4.79 Å². The number of nitrogens with zero attached hydrogens (tertiary/aromatic N) is 3. The standard InChI is InChI=1S/C21H32N4O2/c1-16-12-19(18(3)25(16)17(2)15-27-4)13-20(14-22)21(26)23-8-11-24-9-6-5-7-10-24/h12-13,17H,5-11,15H2,1-4H3,(H,23,26)/b20-13-. The van der Waals surface area contributed by atoms with Crippen LogP contribution in [0.15, 0.2) is 11.6 Å². The molecule has 27 heavy (non-hydrogen) atoms. The predicted octanol–water partition coefficient (Wildman–Crippen LogP) is 2.82. The zero-order chi connectivity index (χ0) is 19.8. The first kappa shape index (κ1) is 21.2. The smallest absolute Gasteiger partial charge is 0.261 e. The van der Waals surface area contributed by atoms with E-state index in [1.54, 1.807) is 13.2 Å². The van der Waals surface area contributed by atoms with Crippen molar-refractivity contribution in [3.63, 3.8) is 0 Å². The molecule has 0 aliphatic carbocycles. The molecular weight excluding hydrogens is 340 g/mol. The van der Waals surface area contributed by atoms with Crippen LogP contribution in [-0.4, -0.2) is 55.3 Å². The second-order valence-corrected chi connectivity index (χ2v) is 7.33. The number of piperidine rings is 1. The highest BCUT2D eigenvalue weighted by molar-refractivity contribution is 6.01. The van der Waals surface area contributed by atoms with Crippen molar-refractivity contribution in [2.24, 2.45) is 0 Å². The number of nitriles is 1. The summed E-state index contributed by atoms with van der Waals surface area (Å²) in [6, 6.07) is 4.26. The van der Waals surface area contributed by atoms with E-state index in [2.05, 4.69) is 27.8 Å². The number of hydrogen-bond donors (Lipinski definition) is 1. The molecule has 0 radical (unpaired) electrons. The molecule has 2 rings (SSSR count). The van der Waals surface area contributed by atoms with Crippen LogP contribution < -0.4 is 5.32 Å². The van der Waals surface area contributed by atoms with Crippen LogP contribution in [0, 0.1) is 25.2 Å². The molecule has 6 heteroatoms. The van der Waals surface area contributed by atoms with Crippen molar-refractivity contribution in [3.05, 3.63) is 28.6 Å². The lowest BCUT2D eigenvalue weighted by atomic mass is 10.1. The third-order valence-corrected chi connectivity index (χ3v) is 5.20. The van der Waals surface area contributed by atoms with E-state index in [1.807, 2.05) is 19.9 Å². The lowest BCUT2D eigenvalue weighted by Crippen LogP contribution is -2.37. The van der Waals surface area contributed by atoms with Gasteiger partial charge >= 0.3 is 0 Å². The van der Waals surface area contributed by atoms with E-state index in [1.165, 1.54) is 19.3 Å². The Morgan fingerprint density at radius 3 is 2.70 bits per heavy atom. The molecule has 1 amide bonds. The maximum atomic E-state index is 12.4. The molecule has 1 fully saturated rings. The Morgan fingerprint density at radius 1 is 1.37 bits per heavy atom. The third-order valence-electron chi connectivity index (χ3n) is 5.20. The van der Waals surface area contributed by atoms with E-state index in [0.29, 0.717) is 13.2 Å². The molecule has 0 bridgehead atoms. The molecule has 1 aromatic rings. The average Bonchev–Trinajstić information content (AvgIpc) is 2.94. The number of carbonyl (C=O) groups excluding carboxylic acids is 1. The van der Waals surface area contributed by atoms with Crippen LogP contribution in [-0.2, 0) is 9.53 Å². The lowest BCUT2D eigenvalue weighted by Gasteiger charge is -2.26. The Kier molecular flexibility index (Phi) is 8.08. The minimum absolute atomic E-state index is 0.147. The minimum Gasteiger partial charge on any atom is -0.383 e. The summed E-state index contributed by atoms with van der Waals surface area (Å²) in [6.07, 6.45) is 5.45. The Balaban J connectivity index is 2.03. The van der Waals surface area contributed by atoms with Gasteiger partial charge in [0.2, 0.25) is 0 Å². The van der Waals surface area contributed by atoms with Gasteiger partial charge in [0.25, 0.3) is 5.91 Å². The summed E-state index contributed by atoms with van der Waals surface area (Å²) in [5, 5.41) is 12.3. The van der Waals surface area contributed by atoms with E-state index in [0.717, 1.165) is 36.6 Å². The quantitative estimate of drug-likeness (QED) is 0.563. The van der Waals surface area contributed by atoms with Gasteiger partial charge in [-0.05, 0) is 64.4 Å². The maximum absolute atomic E-state index is 12.4. The first-order valence-corrected chi connectivity index (χ1v) is 9.77. The SMILES string of the molecule is COCC(C)n1c(C)cc(/C=C(/C#N)C(=O)NCCN2CCCCC2)c1C. The number of ether oxygens (including phenoxy) is 1. The number of aryl methyl sites for hydroxylation is 1. The number of nitrogens with one attached hydrogen (secondary N) is 1. The molecule has 1 N–H and O–H groups in total. The average molecular weight is 373 g/mol. The van der Waals surface area contributed by atoms with Gasteiger partial charge in [-0.2, -0.15) is 5.26 Å². The molecular formula is C21H32N4O2. The maximum Gasteiger partial charge on any atom is 0.261 e. The topological polar surface area (TPSA) is 70.3 Å². The van der Waals surface area contributed by atoms with E-state index in [9.17, 15) is 10.1 Å². The van der Waals surface area contributed by atoms with Gasteiger partial charge < -0.3 is 19.5 Å². The second kappa shape index (κ2) is 10.3. The number of aromatic nitrogens is 1. The summed E-state index contributed by atoms with van der Waals surface area (Å²) < 4.78 is 7.43. The molecule has 2 heterocycles. The zero-order valence-corrected chi connectivity index (χ0v) is 17.0. The fraction of sp³-hybridized carbons (Fsp3) is 0.619. The lowest BCUT2D eigenvalue weighted by molar-refractivity contribution is -0.117. The van der Waals surface area contributed by atoms with Crippen molar-refractivity contribution in [1.82, 2.24) is 14.8 Å². The summed E-state index contributed by atoms with van der Waals surface area (Å²) in [7, 11) is 1.69. The van der Waals surface area contributed by atoms with Gasteiger partial charge in [0.15, 0.2) is 0 Å². The highest BCUT2D eigenvalue weighted by Crippen LogP contribution is 2.22. The number of methoxy groups -OCH3 is 1. The normalized spacial score (nSPS) is 16.8. The van der Waals surface area contributed by atoms with Crippen LogP contribution in [0.1, 0.15) is 49.2 Å². The van der Waals surface area contributed by atoms with Gasteiger partial charge in [0.1, 0.15) is 11.6 Å². The molecule has 148 valence electrons. The van der Waals surface area contributed by atoms with Crippen LogP contribution in [0.2, 0.25) is 0 Å². The van der Waals surface area contributed by atoms with Gasteiger partial charge in [-0.1, -0.05) is 6.42 Å². The Hall–Kier alpha value is -2.10. The first-order chi connectivity index (χ1) is 13.0. The summed E-state index contributed by atoms with van der Waals surface area (Å²) in [5.41, 5.74) is 3.17. The van der Waals surface area contributed by atoms with Crippen molar-refractivity contribution in [1.29, 1.82) is 5.26 Å². The van der Waals surface area contributed by atoms with Crippen LogP contribution in [0.3, 0.4) is 0 Å². The number of likely N-dealkylation sites (tertiary alicyclic amines) is 1. The van der Waals surface area contributed by atoms with Gasteiger partial charge in [-0.25, -0.2) is 0 Å². The molecule has 1 aliphatic rings. The summed E-state index contributed by atoms with van der Waals surface area (Å²) in [5.74, 6) is -0.302. The van der Waals surface area contributed by atoms with Crippen molar-refractivity contribution in [2.45, 2.75) is 46.1 Å². The van der Waals surface area contributed by atoms with E-state index in [4.69, 9.17) is 4.74 Å². The van der Waals surface area contributed by atoms with Crippen molar-refractivity contribution < 1.29 is 9.53 Å². The van der Waals surface area contributed by atoms with E-state index >= 15 is 0 Å². The molecule has 1 aliphatic heterocycles. The first-order valence-electron chi connectivity index (χ1n) is 9.77. The van der Waals surface area contributed by atoms with Crippen molar-refractivity contribution in [2.75, 3.05) is 39.9 Å². The molecule has 1 atom stereocenters. The molecule has 1 unspecified atom stereocenters. The summed E-state index contributed by atoms with van der Waals surface area (Å²) in [6.45, 7) is 10.4. The Labute approximate surface area is 162 Å². The summed E-state index contributed by atoms with van der Waals surface area (Å²) >= 11 is 0. The van der Waals surface area contributed by atoms with Gasteiger partial charge in [0, 0.05) is 31.6 Å². The number of carbonyl (C=O) groups is 1. The largest absolute Gasteiger partial charge is 0.383 e. The van der Waals surface area contributed by atoms with Crippen LogP contribution in [0.5, 0.6) is 0 Å². The predicted molar refractivity (Wildman–Crippen MR) is 107 cm³/mol. The Morgan fingerprint density at radius 2 is 2.07 bits per heavy atom. The fourth-order valence-corrected chi connectivity index (χ4v) is 3.85. The number of hydrogen-bond acceptors (Lipinski definition) is 4. The van der Waals surface area contributed by atoms with Crippen LogP contribution in [0.25, 0.3) is 6.08 Å². The van der Waals surface area contributed by atoms with Gasteiger partial charge in [-0.15, -0.1) is 0 Å². The van der Waals surface area contributed by atoms with Crippen molar-refractivity contribution >= 4 is 12.0 Å². The molecule has 0 saturated carbocycles. The van der Waals surface area contributed by atoms with Gasteiger partial charge in [0.05, 0.1) is 12.6 Å². The number of amides is 1. The van der Waals surface area contributed by atoms with Crippen LogP contribution in [0.4, 0.5) is 0 Å². The third kappa shape index (κ3) is 5.69.